The molecule has 2 N–H and O–H groups in total. The maximum Gasteiger partial charge on any atom is 0.328 e. The normalized spacial score (nSPS) is 23.1. The van der Waals surface area contributed by atoms with E-state index in [1.807, 2.05) is 38.1 Å². The van der Waals surface area contributed by atoms with Crippen molar-refractivity contribution in [3.05, 3.63) is 35.5 Å². The molecule has 0 radical (unpaired) electrons. The summed E-state index contributed by atoms with van der Waals surface area (Å²) in [4.78, 5) is 44.1. The first-order valence-electron chi connectivity index (χ1n) is 9.25. The van der Waals surface area contributed by atoms with E-state index < -0.39 is 29.5 Å². The van der Waals surface area contributed by atoms with Crippen molar-refractivity contribution in [2.75, 3.05) is 6.54 Å². The summed E-state index contributed by atoms with van der Waals surface area (Å²) in [7, 11) is 0. The number of carboxylic acids is 1. The first-order valence-corrected chi connectivity index (χ1v) is 9.25. The number of aromatic amines is 1. The molecule has 3 heterocycles. The van der Waals surface area contributed by atoms with E-state index in [1.54, 1.807) is 6.92 Å². The van der Waals surface area contributed by atoms with Crippen molar-refractivity contribution < 1.29 is 19.5 Å². The molecule has 2 atom stereocenters. The molecular weight excluding hydrogens is 346 g/mol. The largest absolute Gasteiger partial charge is 0.480 e. The van der Waals surface area contributed by atoms with Crippen LogP contribution in [0.2, 0.25) is 0 Å². The van der Waals surface area contributed by atoms with Crippen LogP contribution in [0.4, 0.5) is 4.79 Å². The minimum atomic E-state index is -1.20. The minimum absolute atomic E-state index is 0.0424. The van der Waals surface area contributed by atoms with E-state index in [9.17, 15) is 19.5 Å². The number of aliphatic carboxylic acids is 1. The highest BCUT2D eigenvalue weighted by molar-refractivity contribution is 6.10. The molecule has 7 nitrogen and oxygen atoms in total. The van der Waals surface area contributed by atoms with E-state index in [1.165, 1.54) is 4.90 Å². The van der Waals surface area contributed by atoms with Gasteiger partial charge in [0.25, 0.3) is 5.91 Å². The number of carbonyl (C=O) groups excluding carboxylic acids is 2. The van der Waals surface area contributed by atoms with E-state index in [2.05, 4.69) is 4.98 Å². The van der Waals surface area contributed by atoms with Crippen molar-refractivity contribution in [3.8, 4) is 0 Å². The number of nitrogens with one attached hydrogen (secondary N) is 1. The van der Waals surface area contributed by atoms with Crippen molar-refractivity contribution in [2.45, 2.75) is 45.2 Å². The third kappa shape index (κ3) is 2.30. The highest BCUT2D eigenvalue weighted by Gasteiger charge is 2.60. The molecule has 3 amide bonds. The number of imide groups is 1. The molecule has 7 heteroatoms. The zero-order chi connectivity index (χ0) is 19.5. The quantitative estimate of drug-likeness (QED) is 0.810. The lowest BCUT2D eigenvalue weighted by Crippen LogP contribution is -2.49. The first kappa shape index (κ1) is 17.6. The second-order valence-corrected chi connectivity index (χ2v) is 7.94. The Morgan fingerprint density at radius 1 is 1.30 bits per heavy atom. The summed E-state index contributed by atoms with van der Waals surface area (Å²) in [5.41, 5.74) is 1.45. The summed E-state index contributed by atoms with van der Waals surface area (Å²) in [5.74, 6) is -1.57. The number of carbonyl (C=O) groups is 3. The molecule has 2 unspecified atom stereocenters. The van der Waals surface area contributed by atoms with Gasteiger partial charge < -0.3 is 15.0 Å². The highest BCUT2D eigenvalue weighted by atomic mass is 16.4. The molecule has 1 saturated heterocycles. The second-order valence-electron chi connectivity index (χ2n) is 7.94. The van der Waals surface area contributed by atoms with E-state index in [4.69, 9.17) is 0 Å². The van der Waals surface area contributed by atoms with Gasteiger partial charge in [0.15, 0.2) is 5.54 Å². The topological polar surface area (TPSA) is 93.7 Å². The average Bonchev–Trinajstić information content (AvgIpc) is 3.08. The van der Waals surface area contributed by atoms with Gasteiger partial charge in [0.05, 0.1) is 5.69 Å². The van der Waals surface area contributed by atoms with E-state index >= 15 is 0 Å². The van der Waals surface area contributed by atoms with Crippen LogP contribution in [0, 0.1) is 5.92 Å². The summed E-state index contributed by atoms with van der Waals surface area (Å²) in [6.07, 6.45) is 0.861. The fraction of sp³-hybridized carbons (Fsp3) is 0.450. The fourth-order valence-corrected chi connectivity index (χ4v) is 4.46. The van der Waals surface area contributed by atoms with Gasteiger partial charge in [-0.25, -0.2) is 14.5 Å². The van der Waals surface area contributed by atoms with Crippen LogP contribution in [0.15, 0.2) is 24.3 Å². The van der Waals surface area contributed by atoms with Gasteiger partial charge in [-0.1, -0.05) is 32.0 Å². The van der Waals surface area contributed by atoms with Crippen LogP contribution in [0.3, 0.4) is 0 Å². The molecule has 0 bridgehead atoms. The molecular formula is C20H23N3O4. The number of rotatable bonds is 4. The molecule has 1 fully saturated rings. The third-order valence-corrected chi connectivity index (χ3v) is 5.79. The number of benzene rings is 1. The van der Waals surface area contributed by atoms with Crippen LogP contribution < -0.4 is 0 Å². The smallest absolute Gasteiger partial charge is 0.328 e. The molecule has 1 aromatic carbocycles. The van der Waals surface area contributed by atoms with E-state index in [0.717, 1.165) is 21.4 Å². The van der Waals surface area contributed by atoms with E-state index in [-0.39, 0.29) is 12.3 Å². The van der Waals surface area contributed by atoms with Gasteiger partial charge in [0.1, 0.15) is 6.04 Å². The monoisotopic (exact) mass is 369 g/mol. The minimum Gasteiger partial charge on any atom is -0.480 e. The Labute approximate surface area is 156 Å². The van der Waals surface area contributed by atoms with Gasteiger partial charge in [0, 0.05) is 17.4 Å². The lowest BCUT2D eigenvalue weighted by Gasteiger charge is -2.36. The van der Waals surface area contributed by atoms with Gasteiger partial charge >= 0.3 is 12.0 Å². The number of amides is 3. The predicted octanol–water partition coefficient (Wildman–Crippen LogP) is 2.70. The van der Waals surface area contributed by atoms with Gasteiger partial charge in [-0.3, -0.25) is 4.79 Å². The van der Waals surface area contributed by atoms with Crippen LogP contribution in [-0.4, -0.2) is 50.4 Å². The second kappa shape index (κ2) is 5.84. The maximum absolute atomic E-state index is 13.4. The van der Waals surface area contributed by atoms with Gasteiger partial charge in [-0.15, -0.1) is 0 Å². The molecule has 0 aliphatic carbocycles. The highest BCUT2D eigenvalue weighted by Crippen LogP contribution is 2.44. The number of hydrogen-bond donors (Lipinski definition) is 2. The lowest BCUT2D eigenvalue weighted by molar-refractivity contribution is -0.148. The Morgan fingerprint density at radius 2 is 2.00 bits per heavy atom. The number of hydrogen-bond acceptors (Lipinski definition) is 3. The number of para-hydroxylation sites is 1. The Bertz CT molecular complexity index is 963. The van der Waals surface area contributed by atoms with Crippen molar-refractivity contribution in [2.24, 2.45) is 5.92 Å². The first-order chi connectivity index (χ1) is 12.8. The van der Waals surface area contributed by atoms with Gasteiger partial charge in [0.2, 0.25) is 0 Å². The zero-order valence-corrected chi connectivity index (χ0v) is 15.7. The lowest BCUT2D eigenvalue weighted by atomic mass is 9.87. The standard InChI is InChI=1S/C20H23N3O4/c1-11(2)10-15(17(24)25)23-18(26)20(3)16-13(8-9-22(20)19(23)27)12-6-4-5-7-14(12)21-16/h4-7,11,15,21H,8-10H2,1-3H3,(H,24,25). The summed E-state index contributed by atoms with van der Waals surface area (Å²) in [5, 5.41) is 10.7. The molecule has 0 spiro atoms. The molecule has 0 saturated carbocycles. The SMILES string of the molecule is CC(C)CC(C(=O)O)N1C(=O)N2CCc3c([nH]c4ccccc34)C2(C)C1=O. The van der Waals surface area contributed by atoms with Crippen molar-refractivity contribution in [1.82, 2.24) is 14.8 Å². The Balaban J connectivity index is 1.84. The van der Waals surface area contributed by atoms with Crippen LogP contribution in [0.1, 0.15) is 38.4 Å². The number of fused-ring (bicyclic) bond motifs is 5. The number of urea groups is 1. The molecule has 27 heavy (non-hydrogen) atoms. The molecule has 1 aromatic heterocycles. The van der Waals surface area contributed by atoms with Crippen molar-refractivity contribution >= 4 is 28.8 Å². The Kier molecular flexibility index (Phi) is 3.80. The van der Waals surface area contributed by atoms with Gasteiger partial charge in [-0.2, -0.15) is 0 Å². The summed E-state index contributed by atoms with van der Waals surface area (Å²) in [6, 6.07) is 6.14. The molecule has 4 rings (SSSR count). The predicted molar refractivity (Wildman–Crippen MR) is 99.2 cm³/mol. The Morgan fingerprint density at radius 3 is 2.67 bits per heavy atom. The molecule has 2 aromatic rings. The number of carboxylic acid groups (broad SMARTS) is 1. The maximum atomic E-state index is 13.4. The Hall–Kier alpha value is -2.83. The number of H-pyrrole nitrogens is 1. The summed E-state index contributed by atoms with van der Waals surface area (Å²) in [6.45, 7) is 5.87. The summed E-state index contributed by atoms with van der Waals surface area (Å²) < 4.78 is 0. The molecule has 2 aliphatic heterocycles. The van der Waals surface area contributed by atoms with Crippen LogP contribution in [-0.2, 0) is 21.5 Å². The van der Waals surface area contributed by atoms with Crippen molar-refractivity contribution in [1.29, 1.82) is 0 Å². The van der Waals surface area contributed by atoms with Crippen molar-refractivity contribution in [3.63, 3.8) is 0 Å². The molecule has 142 valence electrons. The van der Waals surface area contributed by atoms with Crippen LogP contribution in [0.5, 0.6) is 0 Å². The van der Waals surface area contributed by atoms with Crippen LogP contribution >= 0.6 is 0 Å². The van der Waals surface area contributed by atoms with E-state index in [0.29, 0.717) is 18.7 Å². The average molecular weight is 369 g/mol. The van der Waals surface area contributed by atoms with Crippen LogP contribution in [0.25, 0.3) is 10.9 Å². The number of nitrogens with zero attached hydrogens (tertiary/aromatic N) is 2. The molecule has 2 aliphatic rings. The fourth-order valence-electron chi connectivity index (χ4n) is 4.46. The van der Waals surface area contributed by atoms with Gasteiger partial charge in [-0.05, 0) is 37.3 Å². The third-order valence-electron chi connectivity index (χ3n) is 5.79. The zero-order valence-electron chi connectivity index (χ0n) is 15.7. The summed E-state index contributed by atoms with van der Waals surface area (Å²) >= 11 is 0. The number of aromatic nitrogens is 1.